The van der Waals surface area contributed by atoms with E-state index in [0.29, 0.717) is 17.4 Å². The zero-order valence-electron chi connectivity index (χ0n) is 11.2. The molecule has 1 aliphatic rings. The second-order valence-corrected chi connectivity index (χ2v) is 5.20. The third-order valence-electron chi connectivity index (χ3n) is 3.53. The summed E-state index contributed by atoms with van der Waals surface area (Å²) in [7, 11) is 0. The van der Waals surface area contributed by atoms with Crippen molar-refractivity contribution < 1.29 is 4.79 Å². The summed E-state index contributed by atoms with van der Waals surface area (Å²) in [5.74, 6) is 1.12. The second kappa shape index (κ2) is 4.62. The van der Waals surface area contributed by atoms with Gasteiger partial charge in [0.25, 0.3) is 0 Å². The van der Waals surface area contributed by atoms with Crippen LogP contribution in [-0.2, 0) is 0 Å². The van der Waals surface area contributed by atoms with Gasteiger partial charge in [-0.15, -0.1) is 0 Å². The van der Waals surface area contributed by atoms with E-state index in [9.17, 15) is 4.79 Å². The third-order valence-corrected chi connectivity index (χ3v) is 3.53. The van der Waals surface area contributed by atoms with Gasteiger partial charge in [0.2, 0.25) is 0 Å². The summed E-state index contributed by atoms with van der Waals surface area (Å²) in [6, 6.07) is 7.06. The molecule has 0 atom stereocenters. The fraction of sp³-hybridized carbons (Fsp3) is 0.214. The van der Waals surface area contributed by atoms with Crippen LogP contribution < -0.4 is 10.6 Å². The number of imidazole rings is 1. The first-order valence-corrected chi connectivity index (χ1v) is 6.84. The van der Waals surface area contributed by atoms with Crippen LogP contribution in [0.2, 0.25) is 0 Å². The van der Waals surface area contributed by atoms with Gasteiger partial charge in [-0.3, -0.25) is 10.4 Å². The quantitative estimate of drug-likeness (QED) is 0.594. The first-order valence-electron chi connectivity index (χ1n) is 6.84. The number of anilines is 2. The van der Waals surface area contributed by atoms with Gasteiger partial charge >= 0.3 is 6.03 Å². The SMILES string of the molecule is O=C(Nc1ccc2nc[nH]c2c1)Nc1cc(C2CC2)[nH]n1. The van der Waals surface area contributed by atoms with Crippen molar-refractivity contribution in [2.24, 2.45) is 0 Å². The predicted octanol–water partition coefficient (Wildman–Crippen LogP) is 2.81. The number of aromatic amines is 2. The van der Waals surface area contributed by atoms with Gasteiger partial charge in [0.15, 0.2) is 5.82 Å². The highest BCUT2D eigenvalue weighted by Crippen LogP contribution is 2.39. The van der Waals surface area contributed by atoms with Gasteiger partial charge in [0, 0.05) is 23.4 Å². The summed E-state index contributed by atoms with van der Waals surface area (Å²) in [4.78, 5) is 19.1. The van der Waals surface area contributed by atoms with E-state index in [1.54, 1.807) is 6.33 Å². The molecule has 2 aromatic heterocycles. The van der Waals surface area contributed by atoms with E-state index in [0.717, 1.165) is 16.7 Å². The van der Waals surface area contributed by atoms with Gasteiger partial charge in [-0.25, -0.2) is 9.78 Å². The lowest BCUT2D eigenvalue weighted by molar-refractivity contribution is 0.262. The molecular formula is C14H14N6O. The summed E-state index contributed by atoms with van der Waals surface area (Å²) >= 11 is 0. The Morgan fingerprint density at radius 2 is 2.14 bits per heavy atom. The first kappa shape index (κ1) is 12.0. The first-order chi connectivity index (χ1) is 10.3. The standard InChI is InChI=1S/C14H14N6O/c21-14(18-13-6-11(19-20-13)8-1-2-8)17-9-3-4-10-12(5-9)16-7-15-10/h3-8H,1-2H2,(H,15,16)(H3,17,18,19,20,21). The van der Waals surface area contributed by atoms with Crippen LogP contribution in [0.1, 0.15) is 24.5 Å². The Balaban J connectivity index is 1.44. The molecule has 7 nitrogen and oxygen atoms in total. The number of benzene rings is 1. The van der Waals surface area contributed by atoms with E-state index in [1.807, 2.05) is 24.3 Å². The minimum Gasteiger partial charge on any atom is -0.345 e. The molecule has 2 heterocycles. The number of rotatable bonds is 3. The number of fused-ring (bicyclic) bond motifs is 1. The van der Waals surface area contributed by atoms with Crippen LogP contribution in [0.5, 0.6) is 0 Å². The van der Waals surface area contributed by atoms with E-state index in [1.165, 1.54) is 12.8 Å². The molecule has 7 heteroatoms. The molecule has 0 bridgehead atoms. The number of nitrogens with zero attached hydrogens (tertiary/aromatic N) is 2. The van der Waals surface area contributed by atoms with Crippen LogP contribution in [-0.4, -0.2) is 26.2 Å². The van der Waals surface area contributed by atoms with E-state index in [-0.39, 0.29) is 6.03 Å². The van der Waals surface area contributed by atoms with Crippen molar-refractivity contribution in [1.82, 2.24) is 20.2 Å². The molecule has 0 unspecified atom stereocenters. The number of carbonyl (C=O) groups excluding carboxylic acids is 1. The van der Waals surface area contributed by atoms with Crippen molar-refractivity contribution in [3.05, 3.63) is 36.3 Å². The Hall–Kier alpha value is -2.83. The van der Waals surface area contributed by atoms with Crippen LogP contribution in [0, 0.1) is 0 Å². The Kier molecular flexibility index (Phi) is 2.63. The van der Waals surface area contributed by atoms with Crippen molar-refractivity contribution >= 4 is 28.6 Å². The second-order valence-electron chi connectivity index (χ2n) is 5.20. The molecule has 0 saturated heterocycles. The molecule has 1 fully saturated rings. The number of nitrogens with one attached hydrogen (secondary N) is 4. The number of hydrogen-bond donors (Lipinski definition) is 4. The maximum atomic E-state index is 11.9. The average molecular weight is 282 g/mol. The molecule has 1 saturated carbocycles. The highest BCUT2D eigenvalue weighted by atomic mass is 16.2. The average Bonchev–Trinajstić information content (AvgIpc) is 3.04. The molecule has 4 rings (SSSR count). The number of amides is 2. The molecule has 0 aliphatic heterocycles. The van der Waals surface area contributed by atoms with Gasteiger partial charge in [0.05, 0.1) is 17.4 Å². The van der Waals surface area contributed by atoms with Gasteiger partial charge < -0.3 is 10.3 Å². The highest BCUT2D eigenvalue weighted by Gasteiger charge is 2.25. The van der Waals surface area contributed by atoms with Crippen LogP contribution in [0.4, 0.5) is 16.3 Å². The number of carbonyl (C=O) groups is 1. The Bertz CT molecular complexity index is 801. The van der Waals surface area contributed by atoms with Crippen LogP contribution in [0.15, 0.2) is 30.6 Å². The minimum atomic E-state index is -0.317. The summed E-state index contributed by atoms with van der Waals surface area (Å²) in [6.07, 6.45) is 4.01. The molecule has 106 valence electrons. The fourth-order valence-electron chi connectivity index (χ4n) is 2.30. The number of urea groups is 1. The fourth-order valence-corrected chi connectivity index (χ4v) is 2.30. The topological polar surface area (TPSA) is 98.5 Å². The number of aromatic nitrogens is 4. The maximum Gasteiger partial charge on any atom is 0.324 e. The summed E-state index contributed by atoms with van der Waals surface area (Å²) in [5, 5.41) is 12.5. The Labute approximate surface area is 120 Å². The van der Waals surface area contributed by atoms with Crippen LogP contribution >= 0.6 is 0 Å². The van der Waals surface area contributed by atoms with E-state index < -0.39 is 0 Å². The summed E-state index contributed by atoms with van der Waals surface area (Å²) < 4.78 is 0. The molecule has 1 aromatic carbocycles. The summed E-state index contributed by atoms with van der Waals surface area (Å²) in [5.41, 5.74) is 3.53. The van der Waals surface area contributed by atoms with Crippen molar-refractivity contribution in [2.75, 3.05) is 10.6 Å². The third kappa shape index (κ3) is 2.45. The molecule has 1 aliphatic carbocycles. The molecule has 0 spiro atoms. The lowest BCUT2D eigenvalue weighted by Gasteiger charge is -2.05. The lowest BCUT2D eigenvalue weighted by Crippen LogP contribution is -2.19. The molecule has 3 aromatic rings. The van der Waals surface area contributed by atoms with E-state index >= 15 is 0 Å². The molecule has 0 radical (unpaired) electrons. The lowest BCUT2D eigenvalue weighted by atomic mass is 10.3. The van der Waals surface area contributed by atoms with Crippen molar-refractivity contribution in [2.45, 2.75) is 18.8 Å². The normalized spacial score (nSPS) is 14.3. The van der Waals surface area contributed by atoms with Crippen LogP contribution in [0.3, 0.4) is 0 Å². The van der Waals surface area contributed by atoms with Gasteiger partial charge in [-0.2, -0.15) is 5.10 Å². The largest absolute Gasteiger partial charge is 0.345 e. The smallest absolute Gasteiger partial charge is 0.324 e. The molecule has 21 heavy (non-hydrogen) atoms. The van der Waals surface area contributed by atoms with Crippen LogP contribution in [0.25, 0.3) is 11.0 Å². The molecule has 4 N–H and O–H groups in total. The minimum absolute atomic E-state index is 0.317. The van der Waals surface area contributed by atoms with Gasteiger partial charge in [0.1, 0.15) is 0 Å². The monoisotopic (exact) mass is 282 g/mol. The van der Waals surface area contributed by atoms with Crippen molar-refractivity contribution in [3.63, 3.8) is 0 Å². The predicted molar refractivity (Wildman–Crippen MR) is 79.3 cm³/mol. The number of H-pyrrole nitrogens is 2. The summed E-state index contributed by atoms with van der Waals surface area (Å²) in [6.45, 7) is 0. The van der Waals surface area contributed by atoms with E-state index in [4.69, 9.17) is 0 Å². The number of hydrogen-bond acceptors (Lipinski definition) is 3. The zero-order valence-corrected chi connectivity index (χ0v) is 11.2. The Morgan fingerprint density at radius 3 is 3.00 bits per heavy atom. The maximum absolute atomic E-state index is 11.9. The van der Waals surface area contributed by atoms with Gasteiger partial charge in [-0.05, 0) is 31.0 Å². The zero-order chi connectivity index (χ0) is 14.2. The van der Waals surface area contributed by atoms with Crippen molar-refractivity contribution in [1.29, 1.82) is 0 Å². The highest BCUT2D eigenvalue weighted by molar-refractivity contribution is 6.00. The Morgan fingerprint density at radius 1 is 1.24 bits per heavy atom. The van der Waals surface area contributed by atoms with Gasteiger partial charge in [-0.1, -0.05) is 0 Å². The molecule has 2 amide bonds. The van der Waals surface area contributed by atoms with E-state index in [2.05, 4.69) is 30.8 Å². The van der Waals surface area contributed by atoms with Crippen molar-refractivity contribution in [3.8, 4) is 0 Å². The molecular weight excluding hydrogens is 268 g/mol.